The molecule has 0 bridgehead atoms. The van der Waals surface area contributed by atoms with Gasteiger partial charge >= 0.3 is 17.9 Å². The molecule has 3 heterocycles. The number of carbonyl (C=O) groups excluding carboxylic acids is 4. The minimum absolute atomic E-state index is 0.0102. The largest absolute Gasteiger partial charge is 0.499 e. The van der Waals surface area contributed by atoms with Gasteiger partial charge in [-0.05, 0) is 224 Å². The van der Waals surface area contributed by atoms with Crippen LogP contribution in [0.4, 0.5) is 0 Å². The van der Waals surface area contributed by atoms with Gasteiger partial charge in [-0.2, -0.15) is 0 Å². The van der Waals surface area contributed by atoms with Gasteiger partial charge in [-0.15, -0.1) is 0 Å². The third kappa shape index (κ3) is 35.3. The van der Waals surface area contributed by atoms with E-state index in [0.29, 0.717) is 85.3 Å². The maximum Gasteiger partial charge on any atom is 0.378 e. The number of aromatic amines is 3. The Morgan fingerprint density at radius 1 is 0.439 bits per heavy atom. The van der Waals surface area contributed by atoms with Gasteiger partial charge in [-0.1, -0.05) is 285 Å². The van der Waals surface area contributed by atoms with Crippen molar-refractivity contribution in [3.05, 3.63) is 322 Å². The Labute approximate surface area is 902 Å². The summed E-state index contributed by atoms with van der Waals surface area (Å²) in [6.07, 6.45) is 12.4. The standard InChI is InChI=1S/C35H47Cl2N3O4Si.C28H30Cl2N2O4.C24H22Cl2N2O4.C16H20O5.C11H27NOSi/c1-24(2)40(19-20-44-45(6,7)34(3,4)5)33(42)30-31(43-23-25-13-9-8-10-14-25)32(41)39-29(38-30)22-35(17-11-12-18-35)27-21-26(36)15-16-28(27)37;1-27(2,3)36-26(34)23-24(35-17-18-9-5-4-6-10-18)25(33)32-22(31-23)16-28(13-7-8-14-28)20-15-19(29)11-12-21(20)30;25-16-8-9-18(26)17(12-16)24(10-4-5-11-24)13-19-27-20(23(30)31)21(22(29)28-19)32-14-15-6-2-1-3-7-15;1-11(17)14(13(18)15(19)21-16(2,3)4)20-10-12-8-6-5-7-9-12;1-10(2)12-8-9-13-14(6,7)11(3,4)5/h8-10,13-16,21,24H,11-12,17-20,22-23H2,1-7H3,(H,38,39,41);4-6,9-12,15H,7-8,13-14,16-17H2,1-3H3,(H,31,32,33);1-3,6-9,12H,4-5,10-11,13-14H2,(H,30,31)(H,27,28,29);5-9,18H,10H2,1-4H3;10,12H,8-9H2,1-7H3/b;;;14-13+;. The molecule has 10 aromatic rings. The van der Waals surface area contributed by atoms with Crippen molar-refractivity contribution in [2.75, 3.05) is 26.3 Å². The number of hydrogen-bond acceptors (Lipinski definition) is 21. The Kier molecular flexibility index (Phi) is 44.1. The average Bonchev–Trinajstić information content (AvgIpc) is 1.45. The predicted molar refractivity (Wildman–Crippen MR) is 593 cm³/mol. The number of aliphatic hydroxyl groups is 1. The summed E-state index contributed by atoms with van der Waals surface area (Å²) in [5, 5.41) is 26.9. The van der Waals surface area contributed by atoms with E-state index < -0.39 is 85.4 Å². The van der Waals surface area contributed by atoms with Gasteiger partial charge in [-0.3, -0.25) is 24.0 Å². The number of allylic oxidation sites excluding steroid dienone is 1. The highest BCUT2D eigenvalue weighted by Crippen LogP contribution is 2.50. The molecule has 3 aromatic heterocycles. The van der Waals surface area contributed by atoms with E-state index >= 15 is 0 Å². The highest BCUT2D eigenvalue weighted by Gasteiger charge is 2.45. The maximum absolute atomic E-state index is 14.3. The number of halogens is 6. The predicted octanol–water partition coefficient (Wildman–Crippen LogP) is 26.6. The van der Waals surface area contributed by atoms with Gasteiger partial charge in [0.15, 0.2) is 39.5 Å². The van der Waals surface area contributed by atoms with Gasteiger partial charge in [0.05, 0.1) is 6.61 Å². The molecule has 3 aliphatic carbocycles. The zero-order chi connectivity index (χ0) is 109. The summed E-state index contributed by atoms with van der Waals surface area (Å²) in [7, 11) is -3.54. The van der Waals surface area contributed by atoms with Gasteiger partial charge in [-0.25, -0.2) is 29.3 Å². The molecule has 0 radical (unpaired) electrons. The number of hydrogen-bond donors (Lipinski definition) is 6. The molecule has 800 valence electrons. The molecular weight excluding hydrogens is 2040 g/mol. The number of aromatic carboxylic acids is 1. The molecule has 0 saturated heterocycles. The Morgan fingerprint density at radius 3 is 1.07 bits per heavy atom. The van der Waals surface area contributed by atoms with Crippen molar-refractivity contribution in [1.29, 1.82) is 0 Å². The first-order valence-electron chi connectivity index (χ1n) is 50.3. The molecule has 26 nitrogen and oxygen atoms in total. The fourth-order valence-corrected chi connectivity index (χ4v) is 20.8. The number of nitrogens with one attached hydrogen (secondary N) is 4. The number of Topliss-reactive ketones (excluding diaryl/α,β-unsaturated/α-hetero) is 1. The van der Waals surface area contributed by atoms with Crippen molar-refractivity contribution in [3.63, 3.8) is 0 Å². The van der Waals surface area contributed by atoms with E-state index in [-0.39, 0.29) is 94.1 Å². The lowest BCUT2D eigenvalue weighted by atomic mass is 9.76. The summed E-state index contributed by atoms with van der Waals surface area (Å²) in [6.45, 7) is 45.0. The van der Waals surface area contributed by atoms with Crippen LogP contribution >= 0.6 is 69.6 Å². The van der Waals surface area contributed by atoms with Crippen LogP contribution in [0.3, 0.4) is 0 Å². The highest BCUT2D eigenvalue weighted by molar-refractivity contribution is 6.74. The van der Waals surface area contributed by atoms with Crippen molar-refractivity contribution in [2.45, 2.75) is 316 Å². The first-order valence-corrected chi connectivity index (χ1v) is 58.4. The molecule has 0 unspecified atom stereocenters. The smallest absolute Gasteiger partial charge is 0.378 e. The van der Waals surface area contributed by atoms with Crippen molar-refractivity contribution < 1.29 is 71.5 Å². The lowest BCUT2D eigenvalue weighted by Gasteiger charge is -2.37. The minimum Gasteiger partial charge on any atom is -0.499 e. The molecule has 3 fully saturated rings. The van der Waals surface area contributed by atoms with E-state index in [9.17, 15) is 48.6 Å². The molecule has 3 aliphatic rings. The van der Waals surface area contributed by atoms with Crippen molar-refractivity contribution in [2.24, 2.45) is 0 Å². The fourth-order valence-electron chi connectivity index (χ4n) is 17.3. The van der Waals surface area contributed by atoms with Crippen LogP contribution in [-0.4, -0.2) is 141 Å². The van der Waals surface area contributed by atoms with E-state index in [2.05, 4.69) is 112 Å². The molecule has 3 saturated carbocycles. The van der Waals surface area contributed by atoms with Crippen molar-refractivity contribution in [3.8, 4) is 17.2 Å². The Morgan fingerprint density at radius 2 is 0.757 bits per heavy atom. The first-order chi connectivity index (χ1) is 69.4. The second kappa shape index (κ2) is 54.0. The van der Waals surface area contributed by atoms with Gasteiger partial charge in [0, 0.05) is 104 Å². The molecule has 13 rings (SSSR count). The normalized spacial score (nSPS) is 14.5. The second-order valence-corrected chi connectivity index (χ2v) is 55.6. The number of aromatic nitrogens is 6. The highest BCUT2D eigenvalue weighted by atomic mass is 35.5. The number of amides is 1. The van der Waals surface area contributed by atoms with E-state index in [1.54, 1.807) is 76.8 Å². The van der Waals surface area contributed by atoms with E-state index in [0.717, 1.165) is 129 Å². The summed E-state index contributed by atoms with van der Waals surface area (Å²) < 4.78 is 45.7. The number of ether oxygens (including phenoxy) is 6. The number of benzene rings is 7. The number of carbonyl (C=O) groups is 5. The lowest BCUT2D eigenvalue weighted by Crippen LogP contribution is -2.45. The van der Waals surface area contributed by atoms with Crippen LogP contribution in [-0.2, 0) is 94.6 Å². The molecule has 34 heteroatoms. The topological polar surface area (TPSA) is 352 Å². The number of nitrogens with zero attached hydrogens (tertiary/aromatic N) is 4. The second-order valence-electron chi connectivity index (χ2n) is 43.5. The molecule has 1 amide bonds. The SMILES string of the molecule is CC(=O)/C(OCc1ccccc1)=C(\O)C(=O)OC(C)(C)C.CC(C)(C)OC(=O)c1nc(CC2(c3cc(Cl)ccc3Cl)CCCC2)[nH]c(=O)c1OCc1ccccc1.CC(C)N(CCO[Si](C)(C)C(C)(C)C)C(=O)c1nc(CC2(c3cc(Cl)ccc3Cl)CCCC2)[nH]c(=O)c1OCc1ccccc1.CC(C)NCCO[Si](C)(C)C(C)(C)C.O=C(O)c1nc(CC2(c3cc(Cl)ccc3Cl)CCCC2)[nH]c(=O)c1OCc1ccccc1. The summed E-state index contributed by atoms with van der Waals surface area (Å²) in [5.41, 5.74) is 1.36. The summed E-state index contributed by atoms with van der Waals surface area (Å²) >= 11 is 38.8. The van der Waals surface area contributed by atoms with Crippen LogP contribution in [0, 0.1) is 0 Å². The summed E-state index contributed by atoms with van der Waals surface area (Å²) in [4.78, 5) is 126. The number of esters is 2. The van der Waals surface area contributed by atoms with Gasteiger partial charge < -0.3 is 72.7 Å². The van der Waals surface area contributed by atoms with Crippen LogP contribution in [0.15, 0.2) is 202 Å². The minimum atomic E-state index is -2.02. The van der Waals surface area contributed by atoms with E-state index in [1.807, 2.05) is 159 Å². The molecule has 0 atom stereocenters. The molecule has 6 N–H and O–H groups in total. The Bertz CT molecular complexity index is 6340. The van der Waals surface area contributed by atoms with E-state index in [4.69, 9.17) is 112 Å². The molecule has 148 heavy (non-hydrogen) atoms. The van der Waals surface area contributed by atoms with Gasteiger partial charge in [0.2, 0.25) is 28.8 Å². The number of ketones is 1. The van der Waals surface area contributed by atoms with Gasteiger partial charge in [0.25, 0.3) is 22.6 Å². The fraction of sp³-hybridized carbons (Fsp3) is 0.465. The third-order valence-corrected chi connectivity index (χ3v) is 37.7. The number of rotatable bonds is 36. The average molecular weight is 2190 g/mol. The Balaban J connectivity index is 0.000000215. The van der Waals surface area contributed by atoms with Crippen LogP contribution in [0.25, 0.3) is 0 Å². The number of aliphatic hydroxyl groups excluding tert-OH is 1. The van der Waals surface area contributed by atoms with Crippen LogP contribution in [0.5, 0.6) is 17.2 Å². The van der Waals surface area contributed by atoms with Crippen molar-refractivity contribution in [1.82, 2.24) is 40.1 Å². The number of carboxylic acids is 1. The number of H-pyrrole nitrogens is 3. The molecule has 7 aromatic carbocycles. The lowest BCUT2D eigenvalue weighted by molar-refractivity contribution is -0.154. The first kappa shape index (κ1) is 121. The van der Waals surface area contributed by atoms with Crippen LogP contribution in [0.1, 0.15) is 283 Å². The number of carboxylic acid groups (broad SMARTS) is 1. The monoisotopic (exact) mass is 2180 g/mol. The van der Waals surface area contributed by atoms with Crippen LogP contribution in [0.2, 0.25) is 66.4 Å². The molecular formula is C114H146Cl6N8O18Si2. The van der Waals surface area contributed by atoms with E-state index in [1.165, 1.54) is 6.92 Å². The summed E-state index contributed by atoms with van der Waals surface area (Å²) in [6, 6.07) is 53.9. The summed E-state index contributed by atoms with van der Waals surface area (Å²) in [5.74, 6) is -4.56. The van der Waals surface area contributed by atoms with Gasteiger partial charge in [0.1, 0.15) is 55.1 Å². The zero-order valence-electron chi connectivity index (χ0n) is 89.1. The molecule has 0 aliphatic heterocycles. The zero-order valence-corrected chi connectivity index (χ0v) is 95.7. The maximum atomic E-state index is 14.3. The van der Waals surface area contributed by atoms with Crippen molar-refractivity contribution >= 4 is 116 Å². The third-order valence-electron chi connectivity index (χ3n) is 26.9. The molecule has 0 spiro atoms. The Hall–Kier alpha value is -10.5. The quantitative estimate of drug-likeness (QED) is 0.00698. The van der Waals surface area contributed by atoms with Crippen LogP contribution < -0.4 is 36.2 Å².